The molecule has 0 amide bonds. The number of hydrogen-bond donors (Lipinski definition) is 0. The molecule has 4 nitrogen and oxygen atoms in total. The van der Waals surface area contributed by atoms with E-state index in [-0.39, 0.29) is 6.61 Å². The summed E-state index contributed by atoms with van der Waals surface area (Å²) in [6, 6.07) is 7.97. The molecule has 1 heterocycles. The first-order valence-corrected chi connectivity index (χ1v) is 8.45. The maximum atomic E-state index is 13.0. The first-order chi connectivity index (χ1) is 10.5. The van der Waals surface area contributed by atoms with Gasteiger partial charge in [0.05, 0.1) is 13.7 Å². The molecule has 0 N–H and O–H groups in total. The van der Waals surface area contributed by atoms with Crippen LogP contribution in [0.2, 0.25) is 0 Å². The van der Waals surface area contributed by atoms with Gasteiger partial charge in [-0.1, -0.05) is 11.8 Å². The van der Waals surface area contributed by atoms with Crippen molar-refractivity contribution in [2.45, 2.75) is 5.44 Å². The van der Waals surface area contributed by atoms with Crippen LogP contribution in [-0.2, 0) is 4.74 Å². The minimum absolute atomic E-state index is 0.0520. The number of halogens is 2. The molecule has 22 heavy (non-hydrogen) atoms. The highest BCUT2D eigenvalue weighted by atomic mass is 32.2. The molecule has 1 saturated heterocycles. The largest absolute Gasteiger partial charge is 0.497 e. The van der Waals surface area contributed by atoms with Crippen molar-refractivity contribution in [2.24, 2.45) is 0 Å². The van der Waals surface area contributed by atoms with Crippen LogP contribution in [0.4, 0.5) is 14.5 Å². The zero-order valence-electron chi connectivity index (χ0n) is 12.9. The van der Waals surface area contributed by atoms with Gasteiger partial charge < -0.3 is 14.4 Å². The van der Waals surface area contributed by atoms with Crippen LogP contribution >= 0.6 is 11.8 Å². The Morgan fingerprint density at radius 2 is 1.77 bits per heavy atom. The van der Waals surface area contributed by atoms with Crippen molar-refractivity contribution in [3.63, 3.8) is 0 Å². The molecule has 1 fully saturated rings. The zero-order chi connectivity index (χ0) is 16.0. The molecule has 2 rings (SSSR count). The fraction of sp³-hybridized carbons (Fsp3) is 0.600. The summed E-state index contributed by atoms with van der Waals surface area (Å²) in [6.07, 6.45) is 1.34. The smallest absolute Gasteiger partial charge is 0.407 e. The normalized spacial score (nSPS) is 16.8. The Balaban J connectivity index is 1.73. The Morgan fingerprint density at radius 3 is 2.32 bits per heavy atom. The molecule has 1 aliphatic heterocycles. The van der Waals surface area contributed by atoms with Gasteiger partial charge in [-0.2, -0.15) is 8.78 Å². The molecule has 0 bridgehead atoms. The topological polar surface area (TPSA) is 24.9 Å². The Morgan fingerprint density at radius 1 is 1.14 bits per heavy atom. The number of hydrogen-bond acceptors (Lipinski definition) is 5. The number of anilines is 1. The summed E-state index contributed by atoms with van der Waals surface area (Å²) < 4.78 is 35.6. The third-order valence-electron chi connectivity index (χ3n) is 3.73. The average molecular weight is 332 g/mol. The van der Waals surface area contributed by atoms with Crippen LogP contribution < -0.4 is 9.64 Å². The van der Waals surface area contributed by atoms with Gasteiger partial charge in [0.2, 0.25) is 0 Å². The molecular weight excluding hydrogens is 310 g/mol. The molecule has 0 spiro atoms. The number of rotatable bonds is 7. The van der Waals surface area contributed by atoms with E-state index in [4.69, 9.17) is 4.74 Å². The first kappa shape index (κ1) is 17.3. The molecule has 0 unspecified atom stereocenters. The van der Waals surface area contributed by atoms with E-state index in [1.165, 1.54) is 6.26 Å². The number of methoxy groups -OCH3 is 1. The minimum atomic E-state index is -3.08. The van der Waals surface area contributed by atoms with Crippen molar-refractivity contribution in [1.82, 2.24) is 4.90 Å². The quantitative estimate of drug-likeness (QED) is 0.715. The fourth-order valence-electron chi connectivity index (χ4n) is 2.38. The Labute approximate surface area is 134 Å². The van der Waals surface area contributed by atoms with Gasteiger partial charge in [-0.3, -0.25) is 4.90 Å². The summed E-state index contributed by atoms with van der Waals surface area (Å²) in [5.74, 6) is 0.842. The first-order valence-electron chi connectivity index (χ1n) is 7.22. The maximum Gasteiger partial charge on any atom is 0.407 e. The zero-order valence-corrected chi connectivity index (χ0v) is 13.7. The summed E-state index contributed by atoms with van der Waals surface area (Å²) in [4.78, 5) is 4.43. The van der Waals surface area contributed by atoms with E-state index in [1.54, 1.807) is 7.11 Å². The average Bonchev–Trinajstić information content (AvgIpc) is 2.55. The van der Waals surface area contributed by atoms with Crippen LogP contribution in [0.5, 0.6) is 5.75 Å². The molecule has 1 aromatic rings. The molecule has 0 radical (unpaired) electrons. The lowest BCUT2D eigenvalue weighted by molar-refractivity contribution is -0.164. The molecule has 1 aliphatic rings. The summed E-state index contributed by atoms with van der Waals surface area (Å²) >= 11 is 0.422. The van der Waals surface area contributed by atoms with E-state index < -0.39 is 5.44 Å². The summed E-state index contributed by atoms with van der Waals surface area (Å²) in [5.41, 5.74) is -1.92. The van der Waals surface area contributed by atoms with Crippen LogP contribution in [0.25, 0.3) is 0 Å². The van der Waals surface area contributed by atoms with Crippen LogP contribution in [-0.4, -0.2) is 63.0 Å². The Bertz CT molecular complexity index is 451. The van der Waals surface area contributed by atoms with Crippen molar-refractivity contribution < 1.29 is 18.3 Å². The van der Waals surface area contributed by atoms with E-state index in [0.717, 1.165) is 37.6 Å². The Kier molecular flexibility index (Phi) is 6.28. The second-order valence-corrected chi connectivity index (χ2v) is 5.93. The summed E-state index contributed by atoms with van der Waals surface area (Å²) in [5, 5.41) is 0. The predicted octanol–water partition coefficient (Wildman–Crippen LogP) is 2.75. The van der Waals surface area contributed by atoms with Crippen LogP contribution in [0.1, 0.15) is 0 Å². The highest BCUT2D eigenvalue weighted by Gasteiger charge is 2.28. The van der Waals surface area contributed by atoms with E-state index >= 15 is 0 Å². The summed E-state index contributed by atoms with van der Waals surface area (Å²) in [6.45, 7) is 4.04. The van der Waals surface area contributed by atoms with Crippen LogP contribution in [0, 0.1) is 0 Å². The standard InChI is InChI=1S/C15H22F2N2O2S/c1-20-14-5-3-13(4-6-14)19-9-7-18(8-10-19)11-12-21-15(16,17)22-2/h3-6H,7-12H2,1-2H3. The van der Waals surface area contributed by atoms with Crippen molar-refractivity contribution in [3.05, 3.63) is 24.3 Å². The number of piperazine rings is 1. The molecule has 0 saturated carbocycles. The van der Waals surface area contributed by atoms with Gasteiger partial charge in [0.1, 0.15) is 5.75 Å². The number of benzene rings is 1. The predicted molar refractivity (Wildman–Crippen MR) is 86.1 cm³/mol. The molecule has 0 aliphatic carbocycles. The lowest BCUT2D eigenvalue weighted by atomic mass is 10.2. The molecular formula is C15H22F2N2O2S. The van der Waals surface area contributed by atoms with Crippen molar-refractivity contribution in [3.8, 4) is 5.75 Å². The van der Waals surface area contributed by atoms with Crippen molar-refractivity contribution in [2.75, 3.05) is 57.6 Å². The lowest BCUT2D eigenvalue weighted by Crippen LogP contribution is -2.47. The van der Waals surface area contributed by atoms with E-state index in [2.05, 4.69) is 14.5 Å². The Hall–Kier alpha value is -1.05. The van der Waals surface area contributed by atoms with Crippen molar-refractivity contribution >= 4 is 17.4 Å². The monoisotopic (exact) mass is 332 g/mol. The van der Waals surface area contributed by atoms with E-state index in [9.17, 15) is 8.78 Å². The minimum Gasteiger partial charge on any atom is -0.497 e. The van der Waals surface area contributed by atoms with Gasteiger partial charge in [0.15, 0.2) is 0 Å². The number of thioether (sulfide) groups is 1. The third kappa shape index (κ3) is 5.00. The van der Waals surface area contributed by atoms with Gasteiger partial charge >= 0.3 is 5.44 Å². The maximum absolute atomic E-state index is 13.0. The highest BCUT2D eigenvalue weighted by molar-refractivity contribution is 7.99. The van der Waals surface area contributed by atoms with Crippen LogP contribution in [0.3, 0.4) is 0 Å². The van der Waals surface area contributed by atoms with Gasteiger partial charge in [0, 0.05) is 38.4 Å². The van der Waals surface area contributed by atoms with Gasteiger partial charge in [-0.15, -0.1) is 0 Å². The van der Waals surface area contributed by atoms with E-state index in [1.807, 2.05) is 24.3 Å². The second-order valence-electron chi connectivity index (χ2n) is 5.04. The SMILES string of the molecule is COc1ccc(N2CCN(CCOC(F)(F)SC)CC2)cc1. The van der Waals surface area contributed by atoms with Gasteiger partial charge in [-0.05, 0) is 30.5 Å². The number of ether oxygens (including phenoxy) is 2. The second kappa shape index (κ2) is 7.99. The lowest BCUT2D eigenvalue weighted by Gasteiger charge is -2.36. The fourth-order valence-corrected chi connectivity index (χ4v) is 2.58. The van der Waals surface area contributed by atoms with Crippen LogP contribution in [0.15, 0.2) is 24.3 Å². The number of alkyl halides is 2. The molecule has 1 aromatic carbocycles. The van der Waals surface area contributed by atoms with Gasteiger partial charge in [-0.25, -0.2) is 0 Å². The molecule has 7 heteroatoms. The summed E-state index contributed by atoms with van der Waals surface area (Å²) in [7, 11) is 1.65. The highest BCUT2D eigenvalue weighted by Crippen LogP contribution is 2.27. The molecule has 0 aromatic heterocycles. The number of nitrogens with zero attached hydrogens (tertiary/aromatic N) is 2. The molecule has 124 valence electrons. The van der Waals surface area contributed by atoms with Crippen molar-refractivity contribution in [1.29, 1.82) is 0 Å². The third-order valence-corrected chi connectivity index (χ3v) is 4.32. The van der Waals surface area contributed by atoms with Gasteiger partial charge in [0.25, 0.3) is 0 Å². The molecule has 0 atom stereocenters. The van der Waals surface area contributed by atoms with E-state index in [0.29, 0.717) is 18.3 Å².